The number of benzene rings is 2. The summed E-state index contributed by atoms with van der Waals surface area (Å²) in [5.74, 6) is 0. The van der Waals surface area contributed by atoms with Crippen LogP contribution in [0.15, 0.2) is 48.5 Å². The Morgan fingerprint density at radius 2 is 1.20 bits per heavy atom. The van der Waals surface area contributed by atoms with Crippen LogP contribution in [0, 0.1) is 17.7 Å². The minimum atomic E-state index is 0.981. The second kappa shape index (κ2) is 5.60. The molecule has 3 heteroatoms. The molecule has 3 aromatic rings. The molecule has 1 aromatic heterocycles. The van der Waals surface area contributed by atoms with Gasteiger partial charge in [-0.3, -0.25) is 0 Å². The zero-order valence-corrected chi connectivity index (χ0v) is 13.8. The molecule has 0 aliphatic heterocycles. The van der Waals surface area contributed by atoms with Gasteiger partial charge in [0, 0.05) is 5.56 Å². The van der Waals surface area contributed by atoms with E-state index in [0.29, 0.717) is 0 Å². The van der Waals surface area contributed by atoms with Crippen LogP contribution in [0.2, 0.25) is 0 Å². The number of rotatable bonds is 2. The molecular formula is C17H14S3. The molecule has 100 valence electrons. The standard InChI is InChI=1S/C17H14S3/c1-11-3-7-13(8-4-11)15-16(19-20-17(15)18)14-9-5-12(2)6-10-14/h3-10H,1-2H3. The van der Waals surface area contributed by atoms with Crippen LogP contribution >= 0.6 is 32.9 Å². The molecule has 0 fully saturated rings. The van der Waals surface area contributed by atoms with Crippen molar-refractivity contribution < 1.29 is 0 Å². The van der Waals surface area contributed by atoms with E-state index in [-0.39, 0.29) is 0 Å². The smallest absolute Gasteiger partial charge is 0.0779 e. The Bertz CT molecular complexity index is 774. The van der Waals surface area contributed by atoms with Gasteiger partial charge in [-0.2, -0.15) is 0 Å². The van der Waals surface area contributed by atoms with E-state index in [9.17, 15) is 0 Å². The van der Waals surface area contributed by atoms with Gasteiger partial charge in [0.25, 0.3) is 0 Å². The van der Waals surface area contributed by atoms with Crippen LogP contribution in [-0.2, 0) is 0 Å². The van der Waals surface area contributed by atoms with Gasteiger partial charge in [-0.05, 0) is 25.0 Å². The van der Waals surface area contributed by atoms with E-state index < -0.39 is 0 Å². The van der Waals surface area contributed by atoms with Gasteiger partial charge in [0.05, 0.1) is 4.88 Å². The molecule has 3 rings (SSSR count). The first-order valence-corrected chi connectivity index (χ1v) is 8.98. The van der Waals surface area contributed by atoms with Crippen LogP contribution in [0.4, 0.5) is 0 Å². The van der Waals surface area contributed by atoms with Gasteiger partial charge in [0.2, 0.25) is 0 Å². The molecule has 0 saturated carbocycles. The summed E-state index contributed by atoms with van der Waals surface area (Å²) in [5, 5.41) is 0. The van der Waals surface area contributed by atoms with Crippen molar-refractivity contribution in [2.45, 2.75) is 13.8 Å². The first kappa shape index (κ1) is 13.7. The Morgan fingerprint density at radius 1 is 0.700 bits per heavy atom. The highest BCUT2D eigenvalue weighted by Crippen LogP contribution is 2.41. The molecule has 0 saturated heterocycles. The molecular weight excluding hydrogens is 300 g/mol. The number of aryl methyl sites for hydroxylation is 2. The third kappa shape index (κ3) is 2.62. The summed E-state index contributed by atoms with van der Waals surface area (Å²) >= 11 is 5.54. The lowest BCUT2D eigenvalue weighted by molar-refractivity contribution is 1.47. The first-order valence-electron chi connectivity index (χ1n) is 6.42. The van der Waals surface area contributed by atoms with Gasteiger partial charge in [-0.25, -0.2) is 0 Å². The van der Waals surface area contributed by atoms with E-state index in [4.69, 9.17) is 12.2 Å². The maximum atomic E-state index is 5.54. The fraction of sp³-hybridized carbons (Fsp3) is 0.118. The first-order chi connectivity index (χ1) is 9.65. The highest BCUT2D eigenvalue weighted by molar-refractivity contribution is 7.80. The second-order valence-corrected chi connectivity index (χ2v) is 7.71. The fourth-order valence-corrected chi connectivity index (χ4v) is 5.04. The van der Waals surface area contributed by atoms with Crippen molar-refractivity contribution in [2.75, 3.05) is 0 Å². The normalized spacial score (nSPS) is 10.7. The van der Waals surface area contributed by atoms with Crippen molar-refractivity contribution in [1.82, 2.24) is 0 Å². The lowest BCUT2D eigenvalue weighted by Gasteiger charge is -2.05. The monoisotopic (exact) mass is 314 g/mol. The van der Waals surface area contributed by atoms with E-state index in [2.05, 4.69) is 62.4 Å². The van der Waals surface area contributed by atoms with E-state index >= 15 is 0 Å². The highest BCUT2D eigenvalue weighted by atomic mass is 32.9. The largest absolute Gasteiger partial charge is 0.110 e. The Balaban J connectivity index is 2.17. The van der Waals surface area contributed by atoms with Gasteiger partial charge in [0.15, 0.2) is 0 Å². The Hall–Kier alpha value is -1.29. The molecule has 20 heavy (non-hydrogen) atoms. The van der Waals surface area contributed by atoms with Crippen LogP contribution < -0.4 is 0 Å². The zero-order valence-electron chi connectivity index (χ0n) is 11.3. The second-order valence-electron chi connectivity index (χ2n) is 4.89. The predicted octanol–water partition coefficient (Wildman–Crippen LogP) is 6.49. The Morgan fingerprint density at radius 3 is 1.75 bits per heavy atom. The van der Waals surface area contributed by atoms with Crippen LogP contribution in [-0.4, -0.2) is 0 Å². The fourth-order valence-electron chi connectivity index (χ4n) is 2.12. The molecule has 0 spiro atoms. The summed E-state index contributed by atoms with van der Waals surface area (Å²) < 4.78 is 0.981. The summed E-state index contributed by atoms with van der Waals surface area (Å²) in [6, 6.07) is 17.3. The van der Waals surface area contributed by atoms with Gasteiger partial charge >= 0.3 is 0 Å². The van der Waals surface area contributed by atoms with Crippen molar-refractivity contribution in [1.29, 1.82) is 0 Å². The maximum absolute atomic E-state index is 5.54. The third-order valence-electron chi connectivity index (χ3n) is 3.29. The average molecular weight is 315 g/mol. The molecule has 0 amide bonds. The van der Waals surface area contributed by atoms with Crippen LogP contribution in [0.5, 0.6) is 0 Å². The summed E-state index contributed by atoms with van der Waals surface area (Å²) in [5.41, 5.74) is 6.23. The van der Waals surface area contributed by atoms with Gasteiger partial charge in [-0.15, -0.1) is 0 Å². The molecule has 0 atom stereocenters. The lowest BCUT2D eigenvalue weighted by atomic mass is 10.0. The molecule has 0 N–H and O–H groups in total. The average Bonchev–Trinajstić information content (AvgIpc) is 2.83. The Kier molecular flexibility index (Phi) is 3.83. The molecule has 0 unspecified atom stereocenters. The predicted molar refractivity (Wildman–Crippen MR) is 93.4 cm³/mol. The summed E-state index contributed by atoms with van der Waals surface area (Å²) in [6.07, 6.45) is 0. The minimum Gasteiger partial charge on any atom is -0.0779 e. The molecule has 0 nitrogen and oxygen atoms in total. The van der Waals surface area contributed by atoms with Crippen LogP contribution in [0.25, 0.3) is 21.6 Å². The maximum Gasteiger partial charge on any atom is 0.110 e. The number of hydrogen-bond acceptors (Lipinski definition) is 3. The van der Waals surface area contributed by atoms with Crippen molar-refractivity contribution in [3.8, 4) is 21.6 Å². The van der Waals surface area contributed by atoms with Crippen molar-refractivity contribution in [3.05, 3.63) is 63.5 Å². The molecule has 1 heterocycles. The molecule has 2 aromatic carbocycles. The lowest BCUT2D eigenvalue weighted by Crippen LogP contribution is -1.81. The van der Waals surface area contributed by atoms with Gasteiger partial charge in [-0.1, -0.05) is 92.6 Å². The Labute approximate surface area is 131 Å². The minimum absolute atomic E-state index is 0.981. The van der Waals surface area contributed by atoms with Gasteiger partial charge in [0.1, 0.15) is 3.82 Å². The van der Waals surface area contributed by atoms with E-state index in [1.54, 1.807) is 20.7 Å². The summed E-state index contributed by atoms with van der Waals surface area (Å²) in [4.78, 5) is 1.28. The molecule has 0 aliphatic rings. The van der Waals surface area contributed by atoms with Gasteiger partial charge < -0.3 is 0 Å². The van der Waals surface area contributed by atoms with E-state index in [1.165, 1.54) is 32.7 Å². The molecule has 0 radical (unpaired) electrons. The van der Waals surface area contributed by atoms with Crippen molar-refractivity contribution >= 4 is 32.9 Å². The van der Waals surface area contributed by atoms with E-state index in [1.807, 2.05) is 0 Å². The quantitative estimate of drug-likeness (QED) is 0.385. The zero-order chi connectivity index (χ0) is 14.1. The summed E-state index contributed by atoms with van der Waals surface area (Å²) in [7, 11) is 3.46. The van der Waals surface area contributed by atoms with E-state index in [0.717, 1.165) is 3.82 Å². The topological polar surface area (TPSA) is 0 Å². The van der Waals surface area contributed by atoms with Crippen molar-refractivity contribution in [3.63, 3.8) is 0 Å². The number of hydrogen-bond donors (Lipinski definition) is 0. The van der Waals surface area contributed by atoms with Crippen LogP contribution in [0.3, 0.4) is 0 Å². The highest BCUT2D eigenvalue weighted by Gasteiger charge is 2.12. The molecule has 0 bridgehead atoms. The van der Waals surface area contributed by atoms with Crippen LogP contribution in [0.1, 0.15) is 11.1 Å². The molecule has 0 aliphatic carbocycles. The van der Waals surface area contributed by atoms with Crippen molar-refractivity contribution in [2.24, 2.45) is 0 Å². The SMILES string of the molecule is Cc1ccc(-c2ssc(=S)c2-c2ccc(C)cc2)cc1. The third-order valence-corrected chi connectivity index (χ3v) is 6.35. The summed E-state index contributed by atoms with van der Waals surface area (Å²) in [6.45, 7) is 4.22.